The summed E-state index contributed by atoms with van der Waals surface area (Å²) in [5.74, 6) is 0.533. The molecule has 3 atom stereocenters. The van der Waals surface area contributed by atoms with Gasteiger partial charge in [-0.05, 0) is 42.3 Å². The number of carbonyl (C=O) groups excluding carboxylic acids is 3. The van der Waals surface area contributed by atoms with Crippen molar-refractivity contribution in [1.29, 1.82) is 0 Å². The Morgan fingerprint density at radius 2 is 2.02 bits per heavy atom. The van der Waals surface area contributed by atoms with Gasteiger partial charge in [-0.2, -0.15) is 0 Å². The second-order valence-electron chi connectivity index (χ2n) is 9.76. The van der Waals surface area contributed by atoms with Crippen LogP contribution >= 0.6 is 23.5 Å². The number of nitrogens with one attached hydrogen (secondary N) is 2. The van der Waals surface area contributed by atoms with Crippen LogP contribution in [-0.4, -0.2) is 82.6 Å². The summed E-state index contributed by atoms with van der Waals surface area (Å²) in [6.07, 6.45) is 4.53. The SMILES string of the molecule is C#CCn1nnnc1SCC1=C(C(=O)O)N2C(=O)C(NC(=O)C(NC(=O)OC(C)(C)C)c3ccccc3)[C@H]2SC1. The van der Waals surface area contributed by atoms with Crippen molar-refractivity contribution in [1.82, 2.24) is 35.7 Å². The van der Waals surface area contributed by atoms with Crippen molar-refractivity contribution >= 4 is 47.4 Å². The van der Waals surface area contributed by atoms with Crippen LogP contribution in [0, 0.1) is 12.3 Å². The number of aliphatic carboxylic acids is 1. The Balaban J connectivity index is 1.48. The maximum Gasteiger partial charge on any atom is 0.408 e. The number of β-lactam (4-membered cyclic amide) rings is 1. The van der Waals surface area contributed by atoms with Crippen LogP contribution in [0.2, 0.25) is 0 Å². The minimum absolute atomic E-state index is 0.130. The summed E-state index contributed by atoms with van der Waals surface area (Å²) >= 11 is 2.54. The van der Waals surface area contributed by atoms with E-state index < -0.39 is 46.9 Å². The highest BCUT2D eigenvalue weighted by atomic mass is 32.2. The van der Waals surface area contributed by atoms with Gasteiger partial charge in [-0.3, -0.25) is 14.5 Å². The number of tetrazole rings is 1. The Morgan fingerprint density at radius 3 is 2.67 bits per heavy atom. The third-order valence-corrected chi connectivity index (χ3v) is 8.10. The van der Waals surface area contributed by atoms with E-state index in [4.69, 9.17) is 11.2 Å². The molecule has 1 fully saturated rings. The smallest absolute Gasteiger partial charge is 0.408 e. The van der Waals surface area contributed by atoms with Crippen LogP contribution in [-0.2, 0) is 25.7 Å². The van der Waals surface area contributed by atoms with Crippen LogP contribution in [0.3, 0.4) is 0 Å². The molecule has 3 heterocycles. The number of thioether (sulfide) groups is 2. The summed E-state index contributed by atoms with van der Waals surface area (Å²) < 4.78 is 6.72. The van der Waals surface area contributed by atoms with Gasteiger partial charge in [0.2, 0.25) is 11.1 Å². The predicted octanol–water partition coefficient (Wildman–Crippen LogP) is 1.40. The van der Waals surface area contributed by atoms with Gasteiger partial charge in [0.15, 0.2) is 0 Å². The van der Waals surface area contributed by atoms with Crippen LogP contribution in [0.25, 0.3) is 0 Å². The topological polar surface area (TPSA) is 169 Å². The van der Waals surface area contributed by atoms with Crippen molar-refractivity contribution in [2.75, 3.05) is 11.5 Å². The highest BCUT2D eigenvalue weighted by Gasteiger charge is 2.54. The summed E-state index contributed by atoms with van der Waals surface area (Å²) in [4.78, 5) is 52.4. The molecule has 0 bridgehead atoms. The second-order valence-corrected chi connectivity index (χ2v) is 11.8. The Kier molecular flexibility index (Phi) is 8.70. The average molecular weight is 586 g/mol. The van der Waals surface area contributed by atoms with Gasteiger partial charge in [-0.1, -0.05) is 48.0 Å². The lowest BCUT2D eigenvalue weighted by Gasteiger charge is -2.49. The number of carbonyl (C=O) groups is 4. The molecule has 3 amide bonds. The Labute approximate surface area is 238 Å². The van der Waals surface area contributed by atoms with Crippen molar-refractivity contribution in [3.8, 4) is 12.3 Å². The molecule has 0 saturated carbocycles. The number of fused-ring (bicyclic) bond motifs is 1. The summed E-state index contributed by atoms with van der Waals surface area (Å²) in [7, 11) is 0. The van der Waals surface area contributed by atoms with E-state index in [1.54, 1.807) is 51.1 Å². The Bertz CT molecular complexity index is 1380. The maximum absolute atomic E-state index is 13.3. The molecule has 1 aromatic heterocycles. The first-order valence-electron chi connectivity index (χ1n) is 12.1. The molecule has 4 rings (SSSR count). The summed E-state index contributed by atoms with van der Waals surface area (Å²) in [5.41, 5.74) is 0.0899. The zero-order valence-electron chi connectivity index (χ0n) is 21.9. The first-order valence-corrected chi connectivity index (χ1v) is 14.1. The number of alkyl carbamates (subject to hydrolysis) is 1. The zero-order valence-corrected chi connectivity index (χ0v) is 23.5. The summed E-state index contributed by atoms with van der Waals surface area (Å²) in [6, 6.07) is 6.42. The molecule has 2 aliphatic rings. The van der Waals surface area contributed by atoms with Gasteiger partial charge in [0.1, 0.15) is 35.3 Å². The van der Waals surface area contributed by atoms with Crippen LogP contribution in [0.1, 0.15) is 32.4 Å². The molecule has 2 aliphatic heterocycles. The molecule has 40 heavy (non-hydrogen) atoms. The van der Waals surface area contributed by atoms with Crippen LogP contribution in [0.15, 0.2) is 46.8 Å². The summed E-state index contributed by atoms with van der Waals surface area (Å²) in [6.45, 7) is 5.26. The number of benzene rings is 1. The standard InChI is InChI=1S/C25H27N7O6S2/c1-5-11-31-23(28-29-30-31)40-13-15-12-39-21-17(20(34)32(21)18(15)22(35)36)26-19(33)16(14-9-7-6-8-10-14)27-24(37)38-25(2,3)4/h1,6-10,16-17,21H,11-13H2,2-4H3,(H,26,33)(H,27,37)(H,35,36)/t16?,17?,21-/m1/s1. The average Bonchev–Trinajstić information content (AvgIpc) is 3.35. The molecule has 1 saturated heterocycles. The number of carboxylic acids is 1. The van der Waals surface area contributed by atoms with E-state index >= 15 is 0 Å². The molecule has 0 aliphatic carbocycles. The first-order chi connectivity index (χ1) is 19.0. The number of amides is 3. The lowest BCUT2D eigenvalue weighted by molar-refractivity contribution is -0.151. The molecule has 3 N–H and O–H groups in total. The molecule has 2 unspecified atom stereocenters. The van der Waals surface area contributed by atoms with E-state index in [1.165, 1.54) is 33.1 Å². The van der Waals surface area contributed by atoms with E-state index in [-0.39, 0.29) is 18.0 Å². The van der Waals surface area contributed by atoms with Crippen molar-refractivity contribution in [2.45, 2.75) is 55.5 Å². The van der Waals surface area contributed by atoms with Crippen molar-refractivity contribution in [2.24, 2.45) is 0 Å². The predicted molar refractivity (Wildman–Crippen MR) is 146 cm³/mol. The van der Waals surface area contributed by atoms with Crippen LogP contribution < -0.4 is 10.6 Å². The number of rotatable bonds is 9. The molecule has 1 aromatic carbocycles. The van der Waals surface area contributed by atoms with Crippen molar-refractivity contribution in [3.05, 3.63) is 47.2 Å². The van der Waals surface area contributed by atoms with Crippen molar-refractivity contribution in [3.63, 3.8) is 0 Å². The van der Waals surface area contributed by atoms with E-state index in [2.05, 4.69) is 32.1 Å². The van der Waals surface area contributed by atoms with E-state index in [1.807, 2.05) is 0 Å². The molecular formula is C25H27N7O6S2. The van der Waals surface area contributed by atoms with Gasteiger partial charge < -0.3 is 20.5 Å². The van der Waals surface area contributed by atoms with Gasteiger partial charge in [0.25, 0.3) is 5.91 Å². The van der Waals surface area contributed by atoms with E-state index in [0.717, 1.165) is 0 Å². The van der Waals surface area contributed by atoms with Gasteiger partial charge in [-0.15, -0.1) is 23.3 Å². The minimum Gasteiger partial charge on any atom is -0.477 e. The fraction of sp³-hybridized carbons (Fsp3) is 0.400. The summed E-state index contributed by atoms with van der Waals surface area (Å²) in [5, 5.41) is 26.3. The number of carboxylic acid groups (broad SMARTS) is 1. The number of terminal acetylenes is 1. The highest BCUT2D eigenvalue weighted by Crippen LogP contribution is 2.41. The second kappa shape index (κ2) is 12.0. The number of hydrogen-bond acceptors (Lipinski definition) is 10. The number of hydrogen-bond donors (Lipinski definition) is 3. The lowest BCUT2D eigenvalue weighted by atomic mass is 10.0. The quantitative estimate of drug-likeness (QED) is 0.221. The van der Waals surface area contributed by atoms with E-state index in [9.17, 15) is 24.3 Å². The Hall–Kier alpha value is -4.03. The van der Waals surface area contributed by atoms with Gasteiger partial charge in [0, 0.05) is 11.5 Å². The molecule has 13 nitrogen and oxygen atoms in total. The van der Waals surface area contributed by atoms with E-state index in [0.29, 0.717) is 22.0 Å². The fourth-order valence-electron chi connectivity index (χ4n) is 4.04. The number of nitrogens with zero attached hydrogens (tertiary/aromatic N) is 5. The van der Waals surface area contributed by atoms with Crippen LogP contribution in [0.4, 0.5) is 4.79 Å². The fourth-order valence-corrected chi connectivity index (χ4v) is 6.40. The van der Waals surface area contributed by atoms with Crippen molar-refractivity contribution < 1.29 is 29.0 Å². The van der Waals surface area contributed by atoms with Gasteiger partial charge >= 0.3 is 12.1 Å². The number of ether oxygens (including phenoxy) is 1. The molecule has 2 aromatic rings. The zero-order chi connectivity index (χ0) is 29.0. The molecular weight excluding hydrogens is 558 g/mol. The maximum atomic E-state index is 13.3. The molecule has 210 valence electrons. The number of aromatic nitrogens is 4. The lowest BCUT2D eigenvalue weighted by Crippen LogP contribution is -2.71. The third-order valence-electron chi connectivity index (χ3n) is 5.72. The van der Waals surface area contributed by atoms with Gasteiger partial charge in [-0.25, -0.2) is 14.3 Å². The molecule has 0 radical (unpaired) electrons. The molecule has 0 spiro atoms. The Morgan fingerprint density at radius 1 is 1.30 bits per heavy atom. The highest BCUT2D eigenvalue weighted by molar-refractivity contribution is 8.01. The first kappa shape index (κ1) is 29.0. The minimum atomic E-state index is -1.25. The third kappa shape index (κ3) is 6.40. The molecule has 15 heteroatoms. The van der Waals surface area contributed by atoms with Gasteiger partial charge in [0.05, 0.1) is 0 Å². The normalized spacial score (nSPS) is 19.1. The van der Waals surface area contributed by atoms with Crippen LogP contribution in [0.5, 0.6) is 0 Å². The largest absolute Gasteiger partial charge is 0.477 e. The monoisotopic (exact) mass is 585 g/mol.